The van der Waals surface area contributed by atoms with E-state index >= 15 is 0 Å². The first-order valence-corrected chi connectivity index (χ1v) is 12.1. The molecule has 7 heteroatoms. The zero-order chi connectivity index (χ0) is 23.7. The Bertz CT molecular complexity index is 1360. The van der Waals surface area contributed by atoms with E-state index in [1.54, 1.807) is 18.4 Å². The maximum Gasteiger partial charge on any atom is 0.292 e. The molecule has 1 atom stereocenters. The molecule has 1 fully saturated rings. The van der Waals surface area contributed by atoms with Gasteiger partial charge in [0.15, 0.2) is 6.04 Å². The van der Waals surface area contributed by atoms with Crippen LogP contribution in [0.1, 0.15) is 17.5 Å². The number of para-hydroxylation sites is 1. The summed E-state index contributed by atoms with van der Waals surface area (Å²) in [5, 5.41) is 2.89. The smallest absolute Gasteiger partial charge is 0.292 e. The van der Waals surface area contributed by atoms with Crippen LogP contribution in [0.2, 0.25) is 0 Å². The van der Waals surface area contributed by atoms with Gasteiger partial charge in [0.2, 0.25) is 5.91 Å². The van der Waals surface area contributed by atoms with Gasteiger partial charge < -0.3 is 10.1 Å². The number of benzene rings is 3. The zero-order valence-corrected chi connectivity index (χ0v) is 20.0. The number of hydrogen-bond acceptors (Lipinski definition) is 5. The Morgan fingerprint density at radius 3 is 2.68 bits per heavy atom. The number of methoxy groups -OCH3 is 1. The maximum atomic E-state index is 13.0. The van der Waals surface area contributed by atoms with E-state index in [1.165, 1.54) is 10.5 Å². The molecule has 2 N–H and O–H groups in total. The van der Waals surface area contributed by atoms with Crippen molar-refractivity contribution in [1.29, 1.82) is 0 Å². The highest BCUT2D eigenvalue weighted by Crippen LogP contribution is 2.32. The van der Waals surface area contributed by atoms with E-state index in [2.05, 4.69) is 19.1 Å². The topological polar surface area (TPSA) is 76.1 Å². The van der Waals surface area contributed by atoms with Crippen molar-refractivity contribution < 1.29 is 19.6 Å². The highest BCUT2D eigenvalue weighted by molar-refractivity contribution is 7.21. The first-order valence-electron chi connectivity index (χ1n) is 11.3. The molecule has 1 aliphatic heterocycles. The molecule has 3 aromatic carbocycles. The molecule has 0 aliphatic carbocycles. The third-order valence-corrected chi connectivity index (χ3v) is 7.22. The van der Waals surface area contributed by atoms with Gasteiger partial charge in [-0.05, 0) is 60.5 Å². The summed E-state index contributed by atoms with van der Waals surface area (Å²) in [6.07, 6.45) is 0.974. The van der Waals surface area contributed by atoms with E-state index in [1.807, 2.05) is 59.9 Å². The van der Waals surface area contributed by atoms with Crippen molar-refractivity contribution >= 4 is 39.1 Å². The number of quaternary nitrogens is 1. The number of anilines is 1. The van der Waals surface area contributed by atoms with Crippen LogP contribution < -0.4 is 15.0 Å². The molecule has 6 nitrogen and oxygen atoms in total. The van der Waals surface area contributed by atoms with Crippen LogP contribution in [0.15, 0.2) is 66.7 Å². The number of fused-ring (bicyclic) bond motifs is 1. The zero-order valence-electron chi connectivity index (χ0n) is 19.2. The number of carbonyl (C=O) groups excluding carboxylic acids is 2. The van der Waals surface area contributed by atoms with Crippen molar-refractivity contribution in [3.63, 3.8) is 0 Å². The molecule has 2 amide bonds. The second kappa shape index (κ2) is 9.37. The van der Waals surface area contributed by atoms with Crippen LogP contribution in [-0.4, -0.2) is 36.5 Å². The van der Waals surface area contributed by atoms with Crippen LogP contribution in [0.3, 0.4) is 0 Å². The van der Waals surface area contributed by atoms with Crippen LogP contribution in [0, 0.1) is 6.92 Å². The summed E-state index contributed by atoms with van der Waals surface area (Å²) < 4.78 is 6.55. The second-order valence-corrected chi connectivity index (χ2v) is 9.53. The standard InChI is InChI=1S/C27H25N3O3S/c1-17-7-12-21-24(15-17)34-26(29-21)19-8-10-20(11-9-19)30-25(31)16-22(27(30)32)28-14-13-18-5-3-4-6-23(18)33-2/h3-12,15,22,28H,13-14,16H2,1-2H3/p+1/t22-/m1/s1. The van der Waals surface area contributed by atoms with E-state index in [4.69, 9.17) is 9.72 Å². The molecule has 0 saturated carbocycles. The van der Waals surface area contributed by atoms with Crippen LogP contribution in [-0.2, 0) is 16.0 Å². The van der Waals surface area contributed by atoms with Gasteiger partial charge in [-0.25, -0.2) is 9.88 Å². The fraction of sp³-hybridized carbons (Fsp3) is 0.222. The van der Waals surface area contributed by atoms with Crippen LogP contribution in [0.4, 0.5) is 5.69 Å². The Labute approximate surface area is 202 Å². The Morgan fingerprint density at radius 2 is 1.88 bits per heavy atom. The lowest BCUT2D eigenvalue weighted by Crippen LogP contribution is -2.92. The SMILES string of the molecule is COc1ccccc1CC[NH2+][C@@H]1CC(=O)N(c2ccc(-c3nc4ccc(C)cc4s3)cc2)C1=O. The Balaban J connectivity index is 1.26. The minimum absolute atomic E-state index is 0.159. The van der Waals surface area contributed by atoms with Crippen molar-refractivity contribution in [3.8, 4) is 16.3 Å². The molecule has 4 aromatic rings. The monoisotopic (exact) mass is 472 g/mol. The number of hydrogen-bond donors (Lipinski definition) is 1. The van der Waals surface area contributed by atoms with Gasteiger partial charge in [-0.2, -0.15) is 0 Å². The number of carbonyl (C=O) groups is 2. The summed E-state index contributed by atoms with van der Waals surface area (Å²) in [4.78, 5) is 31.7. The molecule has 34 heavy (non-hydrogen) atoms. The minimum Gasteiger partial charge on any atom is -0.496 e. The third-order valence-electron chi connectivity index (χ3n) is 6.16. The largest absolute Gasteiger partial charge is 0.496 e. The molecule has 1 saturated heterocycles. The first kappa shape index (κ1) is 22.3. The predicted octanol–water partition coefficient (Wildman–Crippen LogP) is 3.72. The second-order valence-electron chi connectivity index (χ2n) is 8.50. The summed E-state index contributed by atoms with van der Waals surface area (Å²) in [5.41, 5.74) is 4.86. The molecule has 172 valence electrons. The van der Waals surface area contributed by atoms with Crippen LogP contribution in [0.5, 0.6) is 5.75 Å². The van der Waals surface area contributed by atoms with Crippen molar-refractivity contribution in [3.05, 3.63) is 77.9 Å². The highest BCUT2D eigenvalue weighted by atomic mass is 32.1. The van der Waals surface area contributed by atoms with Crippen molar-refractivity contribution in [2.75, 3.05) is 18.6 Å². The van der Waals surface area contributed by atoms with Gasteiger partial charge in [-0.3, -0.25) is 9.59 Å². The normalized spacial score (nSPS) is 15.9. The van der Waals surface area contributed by atoms with Gasteiger partial charge in [-0.1, -0.05) is 24.3 Å². The number of rotatable bonds is 7. The quantitative estimate of drug-likeness (QED) is 0.416. The van der Waals surface area contributed by atoms with Gasteiger partial charge in [0.05, 0.1) is 36.0 Å². The molecule has 0 radical (unpaired) electrons. The van der Waals surface area contributed by atoms with Gasteiger partial charge in [0.1, 0.15) is 10.8 Å². The number of nitrogens with zero attached hydrogens (tertiary/aromatic N) is 2. The lowest BCUT2D eigenvalue weighted by Gasteiger charge is -2.14. The summed E-state index contributed by atoms with van der Waals surface area (Å²) >= 11 is 1.64. The summed E-state index contributed by atoms with van der Waals surface area (Å²) in [7, 11) is 1.66. The lowest BCUT2D eigenvalue weighted by molar-refractivity contribution is -0.674. The van der Waals surface area contributed by atoms with Crippen molar-refractivity contribution in [2.45, 2.75) is 25.8 Å². The fourth-order valence-electron chi connectivity index (χ4n) is 4.37. The minimum atomic E-state index is -0.394. The summed E-state index contributed by atoms with van der Waals surface area (Å²) in [6, 6.07) is 21.2. The van der Waals surface area contributed by atoms with Gasteiger partial charge in [-0.15, -0.1) is 11.3 Å². The predicted molar refractivity (Wildman–Crippen MR) is 134 cm³/mol. The molecule has 0 spiro atoms. The van der Waals surface area contributed by atoms with Crippen molar-refractivity contribution in [1.82, 2.24) is 4.98 Å². The number of thiazole rings is 1. The van der Waals surface area contributed by atoms with E-state index in [9.17, 15) is 9.59 Å². The number of imide groups is 1. The van der Waals surface area contributed by atoms with Crippen molar-refractivity contribution in [2.24, 2.45) is 0 Å². The van der Waals surface area contributed by atoms with E-state index in [0.29, 0.717) is 12.2 Å². The Morgan fingerprint density at radius 1 is 1.09 bits per heavy atom. The summed E-state index contributed by atoms with van der Waals surface area (Å²) in [5.74, 6) is 0.523. The number of aryl methyl sites for hydroxylation is 1. The van der Waals surface area contributed by atoms with Gasteiger partial charge in [0, 0.05) is 12.0 Å². The first-order chi connectivity index (χ1) is 16.5. The molecule has 1 aliphatic rings. The van der Waals surface area contributed by atoms with E-state index in [-0.39, 0.29) is 18.2 Å². The van der Waals surface area contributed by atoms with Crippen LogP contribution in [0.25, 0.3) is 20.8 Å². The Kier molecular flexibility index (Phi) is 6.13. The fourth-order valence-corrected chi connectivity index (χ4v) is 5.44. The average molecular weight is 473 g/mol. The van der Waals surface area contributed by atoms with E-state index < -0.39 is 6.04 Å². The van der Waals surface area contributed by atoms with E-state index in [0.717, 1.165) is 38.5 Å². The Hall–Kier alpha value is -3.55. The van der Waals surface area contributed by atoms with Crippen LogP contribution >= 0.6 is 11.3 Å². The number of aromatic nitrogens is 1. The molecule has 1 aromatic heterocycles. The number of ether oxygens (including phenoxy) is 1. The summed E-state index contributed by atoms with van der Waals surface area (Å²) in [6.45, 7) is 2.77. The number of nitrogens with two attached hydrogens (primary N) is 1. The average Bonchev–Trinajstić information content (AvgIpc) is 3.39. The molecular formula is C27H26N3O3S+. The van der Waals surface area contributed by atoms with Gasteiger partial charge >= 0.3 is 0 Å². The molecule has 0 bridgehead atoms. The van der Waals surface area contributed by atoms with Gasteiger partial charge in [0.25, 0.3) is 5.91 Å². The molecule has 2 heterocycles. The highest BCUT2D eigenvalue weighted by Gasteiger charge is 2.42. The maximum absolute atomic E-state index is 13.0. The third kappa shape index (κ3) is 4.32. The molecule has 0 unspecified atom stereocenters. The lowest BCUT2D eigenvalue weighted by atomic mass is 10.1. The molecular weight excluding hydrogens is 446 g/mol. The molecule has 5 rings (SSSR count). The number of amides is 2.